The number of aromatic nitrogens is 6. The molecule has 0 amide bonds. The Balaban J connectivity index is 0.000000169. The molecule has 0 spiro atoms. The van der Waals surface area contributed by atoms with Crippen LogP contribution >= 0.6 is 0 Å². The molecule has 0 atom stereocenters. The number of hydrogen-bond acceptors (Lipinski definition) is 8. The zero-order valence-electron chi connectivity index (χ0n) is 18.5. The normalized spacial score (nSPS) is 18.5. The number of piperidine rings is 1. The highest BCUT2D eigenvalue weighted by molar-refractivity contribution is 5.87. The van der Waals surface area contributed by atoms with Crippen LogP contribution in [0.3, 0.4) is 0 Å². The molecule has 34 heavy (non-hydrogen) atoms. The highest BCUT2D eigenvalue weighted by Crippen LogP contribution is 2.31. The minimum absolute atomic E-state index is 0.0522. The van der Waals surface area contributed by atoms with Crippen LogP contribution in [0, 0.1) is 5.82 Å². The zero-order valence-corrected chi connectivity index (χ0v) is 18.5. The van der Waals surface area contributed by atoms with Crippen molar-refractivity contribution in [3.05, 3.63) is 36.5 Å². The predicted molar refractivity (Wildman–Crippen MR) is 119 cm³/mol. The van der Waals surface area contributed by atoms with Crippen LogP contribution in [0.4, 0.5) is 24.9 Å². The summed E-state index contributed by atoms with van der Waals surface area (Å²) in [6.45, 7) is 2.01. The van der Waals surface area contributed by atoms with E-state index in [0.717, 1.165) is 6.54 Å². The first-order chi connectivity index (χ1) is 16.3. The smallest absolute Gasteiger partial charge is 0.260 e. The molecule has 0 bridgehead atoms. The summed E-state index contributed by atoms with van der Waals surface area (Å²) < 4.78 is 48.1. The van der Waals surface area contributed by atoms with Crippen LogP contribution < -0.4 is 11.1 Å². The molecule has 0 saturated carbocycles. The van der Waals surface area contributed by atoms with Gasteiger partial charge in [-0.05, 0) is 25.1 Å². The number of nitrogens with two attached hydrogens (primary N) is 1. The number of imidazole rings is 1. The standard InChI is InChI=1S/C13H11FN8.C8H13F2NO/c1-16-12-11-10(7(14)6-22(11)20-13(15)18-12)8-2-3-9-17-4-5-21(9)19-8;9-8(10)2-1-3-11(6-8)7-4-12-5-7/h2-6H,1H3,(H3,15,16,18,20);7H,1-6H2. The van der Waals surface area contributed by atoms with E-state index >= 15 is 0 Å². The number of ether oxygens (including phenoxy) is 1. The van der Waals surface area contributed by atoms with E-state index in [1.807, 2.05) is 4.90 Å². The van der Waals surface area contributed by atoms with E-state index in [1.54, 1.807) is 36.1 Å². The van der Waals surface area contributed by atoms with Crippen LogP contribution in [0.1, 0.15) is 12.8 Å². The second-order valence-corrected chi connectivity index (χ2v) is 8.28. The number of rotatable bonds is 3. The number of fused-ring (bicyclic) bond motifs is 2. The van der Waals surface area contributed by atoms with Gasteiger partial charge in [-0.1, -0.05) is 0 Å². The van der Waals surface area contributed by atoms with Gasteiger partial charge in [0, 0.05) is 25.9 Å². The number of nitrogens with one attached hydrogen (secondary N) is 1. The second kappa shape index (κ2) is 8.72. The molecule has 10 nitrogen and oxygen atoms in total. The molecule has 13 heteroatoms. The average Bonchev–Trinajstić information content (AvgIpc) is 3.34. The van der Waals surface area contributed by atoms with Crippen molar-refractivity contribution in [2.24, 2.45) is 0 Å². The third-order valence-electron chi connectivity index (χ3n) is 5.91. The Morgan fingerprint density at radius 2 is 2.03 bits per heavy atom. The van der Waals surface area contributed by atoms with Crippen molar-refractivity contribution in [1.29, 1.82) is 0 Å². The number of hydrogen-bond donors (Lipinski definition) is 2. The fourth-order valence-electron chi connectivity index (χ4n) is 4.18. The Morgan fingerprint density at radius 3 is 2.74 bits per heavy atom. The van der Waals surface area contributed by atoms with E-state index < -0.39 is 11.7 Å². The van der Waals surface area contributed by atoms with Crippen LogP contribution in [0.5, 0.6) is 0 Å². The number of likely N-dealkylation sites (tertiary alicyclic amines) is 1. The molecule has 0 unspecified atom stereocenters. The average molecular weight is 475 g/mol. The summed E-state index contributed by atoms with van der Waals surface area (Å²) in [6.07, 6.45) is 5.25. The van der Waals surface area contributed by atoms with E-state index in [2.05, 4.69) is 25.5 Å². The number of halogens is 3. The van der Waals surface area contributed by atoms with Gasteiger partial charge in [-0.25, -0.2) is 27.2 Å². The summed E-state index contributed by atoms with van der Waals surface area (Å²) >= 11 is 0. The van der Waals surface area contributed by atoms with E-state index in [-0.39, 0.29) is 25.0 Å². The first kappa shape index (κ1) is 22.3. The van der Waals surface area contributed by atoms with Crippen molar-refractivity contribution in [2.75, 3.05) is 44.4 Å². The van der Waals surface area contributed by atoms with E-state index in [1.165, 1.54) is 10.7 Å². The van der Waals surface area contributed by atoms with Crippen molar-refractivity contribution in [3.8, 4) is 11.3 Å². The first-order valence-electron chi connectivity index (χ1n) is 10.9. The second-order valence-electron chi connectivity index (χ2n) is 8.28. The monoisotopic (exact) mass is 475 g/mol. The molecule has 2 aliphatic heterocycles. The van der Waals surface area contributed by atoms with Crippen LogP contribution in [0.25, 0.3) is 22.4 Å². The van der Waals surface area contributed by atoms with Crippen molar-refractivity contribution in [1.82, 2.24) is 34.1 Å². The van der Waals surface area contributed by atoms with Crippen LogP contribution in [0.15, 0.2) is 30.7 Å². The molecule has 6 heterocycles. The quantitative estimate of drug-likeness (QED) is 0.465. The minimum Gasteiger partial charge on any atom is -0.378 e. The Kier molecular flexibility index (Phi) is 5.73. The van der Waals surface area contributed by atoms with Crippen molar-refractivity contribution in [3.63, 3.8) is 0 Å². The topological polar surface area (TPSA) is 111 Å². The minimum atomic E-state index is -2.46. The highest BCUT2D eigenvalue weighted by Gasteiger charge is 2.39. The maximum Gasteiger partial charge on any atom is 0.260 e. The van der Waals surface area contributed by atoms with Gasteiger partial charge in [0.1, 0.15) is 5.52 Å². The summed E-state index contributed by atoms with van der Waals surface area (Å²) in [5.74, 6) is -2.44. The van der Waals surface area contributed by atoms with Gasteiger partial charge in [0.15, 0.2) is 17.3 Å². The van der Waals surface area contributed by atoms with Crippen molar-refractivity contribution < 1.29 is 17.9 Å². The summed E-state index contributed by atoms with van der Waals surface area (Å²) in [7, 11) is 1.68. The largest absolute Gasteiger partial charge is 0.378 e. The van der Waals surface area contributed by atoms with Crippen molar-refractivity contribution in [2.45, 2.75) is 24.8 Å². The predicted octanol–water partition coefficient (Wildman–Crippen LogP) is 2.32. The van der Waals surface area contributed by atoms with E-state index in [4.69, 9.17) is 10.5 Å². The zero-order chi connectivity index (χ0) is 23.9. The molecule has 0 aliphatic carbocycles. The van der Waals surface area contributed by atoms with E-state index in [0.29, 0.717) is 47.9 Å². The lowest BCUT2D eigenvalue weighted by Gasteiger charge is -2.41. The fourth-order valence-corrected chi connectivity index (χ4v) is 4.18. The highest BCUT2D eigenvalue weighted by atomic mass is 19.3. The maximum atomic E-state index is 14.4. The first-order valence-corrected chi connectivity index (χ1v) is 10.9. The molecular formula is C21H24F3N9O. The van der Waals surface area contributed by atoms with Gasteiger partial charge in [0.25, 0.3) is 5.92 Å². The molecule has 2 aliphatic rings. The third-order valence-corrected chi connectivity index (χ3v) is 5.91. The molecule has 2 fully saturated rings. The lowest BCUT2D eigenvalue weighted by atomic mass is 10.0. The van der Waals surface area contributed by atoms with Gasteiger partial charge in [0.2, 0.25) is 5.95 Å². The van der Waals surface area contributed by atoms with Crippen LogP contribution in [-0.4, -0.2) is 79.4 Å². The molecule has 4 aromatic rings. The summed E-state index contributed by atoms with van der Waals surface area (Å²) in [5, 5.41) is 11.3. The number of nitrogen functional groups attached to an aromatic ring is 1. The number of anilines is 2. The lowest BCUT2D eigenvalue weighted by molar-refractivity contribution is -0.126. The molecule has 0 radical (unpaired) electrons. The molecule has 3 N–H and O–H groups in total. The third kappa shape index (κ3) is 4.23. The molecule has 4 aromatic heterocycles. The molecule has 0 aromatic carbocycles. The fraction of sp³-hybridized carbons (Fsp3) is 0.429. The summed E-state index contributed by atoms with van der Waals surface area (Å²) in [4.78, 5) is 10.1. The number of alkyl halides is 2. The molecular weight excluding hydrogens is 451 g/mol. The van der Waals surface area contributed by atoms with Gasteiger partial charge in [-0.3, -0.25) is 4.90 Å². The molecule has 180 valence electrons. The SMILES string of the molecule is CNc1nc(N)nn2cc(F)c(-c3ccc4nccn4n3)c12.FC1(F)CCCN(C2COC2)C1. The maximum absolute atomic E-state index is 14.4. The number of nitrogens with zero attached hydrogens (tertiary/aromatic N) is 7. The summed E-state index contributed by atoms with van der Waals surface area (Å²) in [6, 6.07) is 3.73. The van der Waals surface area contributed by atoms with E-state index in [9.17, 15) is 13.2 Å². The lowest BCUT2D eigenvalue weighted by Crippen LogP contribution is -2.55. The molecule has 6 rings (SSSR count). The van der Waals surface area contributed by atoms with Gasteiger partial charge in [-0.15, -0.1) is 5.10 Å². The van der Waals surface area contributed by atoms with Crippen LogP contribution in [-0.2, 0) is 4.74 Å². The Hall–Kier alpha value is -3.45. The van der Waals surface area contributed by atoms with Gasteiger partial charge in [-0.2, -0.15) is 10.1 Å². The Morgan fingerprint density at radius 1 is 1.21 bits per heavy atom. The Bertz CT molecular complexity index is 1320. The molecule has 2 saturated heterocycles. The summed E-state index contributed by atoms with van der Waals surface area (Å²) in [5.41, 5.74) is 7.54. The Labute approximate surface area is 192 Å². The van der Waals surface area contributed by atoms with Crippen molar-refractivity contribution >= 4 is 22.9 Å². The van der Waals surface area contributed by atoms with Gasteiger partial charge < -0.3 is 15.8 Å². The van der Waals surface area contributed by atoms with Crippen LogP contribution in [0.2, 0.25) is 0 Å². The van der Waals surface area contributed by atoms with Gasteiger partial charge >= 0.3 is 0 Å². The van der Waals surface area contributed by atoms with Gasteiger partial charge in [0.05, 0.1) is 43.3 Å².